The SMILES string of the molecule is CCC(C(=O)O)N(c1ccc(Oc2ccc([N+](=O)[O-])cn2)c(OC)c1)S(C)(=O)=O. The zero-order valence-corrected chi connectivity index (χ0v) is 16.6. The first kappa shape index (κ1) is 21.9. The van der Waals surface area contributed by atoms with Crippen LogP contribution in [0.1, 0.15) is 13.3 Å². The first-order valence-electron chi connectivity index (χ1n) is 8.27. The van der Waals surface area contributed by atoms with Crippen molar-refractivity contribution in [2.24, 2.45) is 0 Å². The minimum atomic E-state index is -3.90. The van der Waals surface area contributed by atoms with Gasteiger partial charge in [0.05, 0.1) is 24.0 Å². The van der Waals surface area contributed by atoms with E-state index in [4.69, 9.17) is 9.47 Å². The number of carbonyl (C=O) groups is 1. The number of nitro groups is 1. The molecule has 29 heavy (non-hydrogen) atoms. The third kappa shape index (κ3) is 5.10. The van der Waals surface area contributed by atoms with Gasteiger partial charge in [0.25, 0.3) is 5.69 Å². The fourth-order valence-electron chi connectivity index (χ4n) is 2.57. The average molecular weight is 425 g/mol. The summed E-state index contributed by atoms with van der Waals surface area (Å²) in [7, 11) is -2.58. The van der Waals surface area contributed by atoms with Crippen LogP contribution < -0.4 is 13.8 Å². The van der Waals surface area contributed by atoms with Crippen molar-refractivity contribution < 1.29 is 32.7 Å². The Hall–Kier alpha value is -3.41. The number of benzene rings is 1. The quantitative estimate of drug-likeness (QED) is 0.472. The maximum atomic E-state index is 12.2. The normalized spacial score (nSPS) is 12.1. The van der Waals surface area contributed by atoms with Crippen LogP contribution in [0.4, 0.5) is 11.4 Å². The molecular formula is C17H19N3O8S. The van der Waals surface area contributed by atoms with Crippen LogP contribution in [-0.2, 0) is 14.8 Å². The molecule has 156 valence electrons. The lowest BCUT2D eigenvalue weighted by molar-refractivity contribution is -0.385. The molecule has 0 aliphatic heterocycles. The standard InChI is InChI=1S/C17H19N3O8S/c1-4-13(17(21)22)19(29(3,25)26)11-5-7-14(15(9-11)27-2)28-16-8-6-12(10-18-16)20(23)24/h5-10,13H,4H2,1-3H3,(H,21,22). The summed E-state index contributed by atoms with van der Waals surface area (Å²) in [6.07, 6.45) is 1.99. The Morgan fingerprint density at radius 1 is 1.31 bits per heavy atom. The third-order valence-electron chi connectivity index (χ3n) is 3.86. The van der Waals surface area contributed by atoms with Crippen molar-refractivity contribution in [2.75, 3.05) is 17.7 Å². The second kappa shape index (κ2) is 8.73. The molecule has 2 aromatic rings. The second-order valence-electron chi connectivity index (χ2n) is 5.87. The number of aromatic nitrogens is 1. The molecule has 1 unspecified atom stereocenters. The predicted octanol–water partition coefficient (Wildman–Crippen LogP) is 2.42. The zero-order valence-electron chi connectivity index (χ0n) is 15.8. The summed E-state index contributed by atoms with van der Waals surface area (Å²) < 4.78 is 36.0. The van der Waals surface area contributed by atoms with Gasteiger partial charge in [0.2, 0.25) is 15.9 Å². The molecule has 1 aromatic carbocycles. The van der Waals surface area contributed by atoms with Gasteiger partial charge in [0.15, 0.2) is 11.5 Å². The number of nitrogens with zero attached hydrogens (tertiary/aromatic N) is 3. The number of aliphatic carboxylic acids is 1. The average Bonchev–Trinajstić information content (AvgIpc) is 2.65. The van der Waals surface area contributed by atoms with Crippen LogP contribution in [-0.4, -0.2) is 48.8 Å². The van der Waals surface area contributed by atoms with Crippen molar-refractivity contribution in [2.45, 2.75) is 19.4 Å². The largest absolute Gasteiger partial charge is 0.493 e. The minimum absolute atomic E-state index is 0.0513. The molecule has 0 saturated carbocycles. The van der Waals surface area contributed by atoms with Gasteiger partial charge in [-0.3, -0.25) is 14.4 Å². The molecule has 1 atom stereocenters. The minimum Gasteiger partial charge on any atom is -0.493 e. The number of pyridine rings is 1. The van der Waals surface area contributed by atoms with Crippen LogP contribution in [0.2, 0.25) is 0 Å². The van der Waals surface area contributed by atoms with E-state index in [1.54, 1.807) is 6.92 Å². The second-order valence-corrected chi connectivity index (χ2v) is 7.73. The van der Waals surface area contributed by atoms with Crippen molar-refractivity contribution in [3.8, 4) is 17.4 Å². The Morgan fingerprint density at radius 3 is 2.45 bits per heavy atom. The van der Waals surface area contributed by atoms with Gasteiger partial charge in [-0.1, -0.05) is 6.92 Å². The summed E-state index contributed by atoms with van der Waals surface area (Å²) in [5.74, 6) is -0.947. The monoisotopic (exact) mass is 425 g/mol. The van der Waals surface area contributed by atoms with Gasteiger partial charge in [-0.05, 0) is 18.6 Å². The van der Waals surface area contributed by atoms with Crippen LogP contribution >= 0.6 is 0 Å². The van der Waals surface area contributed by atoms with Gasteiger partial charge in [-0.25, -0.2) is 18.2 Å². The summed E-state index contributed by atoms with van der Waals surface area (Å²) >= 11 is 0. The van der Waals surface area contributed by atoms with Gasteiger partial charge < -0.3 is 14.6 Å². The van der Waals surface area contributed by atoms with E-state index in [-0.39, 0.29) is 35.2 Å². The summed E-state index contributed by atoms with van der Waals surface area (Å²) in [5.41, 5.74) is -0.120. The fraction of sp³-hybridized carbons (Fsp3) is 0.294. The smallest absolute Gasteiger partial charge is 0.327 e. The van der Waals surface area contributed by atoms with Crippen molar-refractivity contribution in [1.82, 2.24) is 4.98 Å². The first-order valence-corrected chi connectivity index (χ1v) is 10.1. The van der Waals surface area contributed by atoms with E-state index in [1.807, 2.05) is 0 Å². The Kier molecular flexibility index (Phi) is 6.59. The van der Waals surface area contributed by atoms with E-state index in [0.29, 0.717) is 0 Å². The van der Waals surface area contributed by atoms with E-state index < -0.39 is 27.0 Å². The number of sulfonamides is 1. The van der Waals surface area contributed by atoms with Crippen LogP contribution in [0.25, 0.3) is 0 Å². The lowest BCUT2D eigenvalue weighted by Crippen LogP contribution is -2.44. The van der Waals surface area contributed by atoms with Crippen molar-refractivity contribution >= 4 is 27.4 Å². The molecule has 0 spiro atoms. The highest BCUT2D eigenvalue weighted by atomic mass is 32.2. The predicted molar refractivity (Wildman–Crippen MR) is 103 cm³/mol. The Balaban J connectivity index is 2.42. The molecule has 0 bridgehead atoms. The van der Waals surface area contributed by atoms with Gasteiger partial charge in [0, 0.05) is 18.2 Å². The molecule has 0 aliphatic carbocycles. The van der Waals surface area contributed by atoms with Crippen molar-refractivity contribution in [3.63, 3.8) is 0 Å². The Morgan fingerprint density at radius 2 is 2.00 bits per heavy atom. The van der Waals surface area contributed by atoms with Gasteiger partial charge in [-0.15, -0.1) is 0 Å². The van der Waals surface area contributed by atoms with E-state index in [2.05, 4.69) is 4.98 Å². The molecule has 11 nitrogen and oxygen atoms in total. The molecule has 12 heteroatoms. The molecule has 0 radical (unpaired) electrons. The molecule has 0 fully saturated rings. The van der Waals surface area contributed by atoms with Gasteiger partial charge in [0.1, 0.15) is 12.2 Å². The number of anilines is 1. The van der Waals surface area contributed by atoms with E-state index in [9.17, 15) is 28.4 Å². The number of hydrogen-bond acceptors (Lipinski definition) is 8. The molecule has 1 N–H and O–H groups in total. The number of hydrogen-bond donors (Lipinski definition) is 1. The summed E-state index contributed by atoms with van der Waals surface area (Å²) in [6.45, 7) is 1.56. The van der Waals surface area contributed by atoms with E-state index >= 15 is 0 Å². The van der Waals surface area contributed by atoms with Crippen LogP contribution in [0.3, 0.4) is 0 Å². The fourth-order valence-corrected chi connectivity index (χ4v) is 3.77. The lowest BCUT2D eigenvalue weighted by atomic mass is 10.2. The van der Waals surface area contributed by atoms with Crippen LogP contribution in [0.5, 0.6) is 17.4 Å². The molecule has 0 saturated heterocycles. The number of methoxy groups -OCH3 is 1. The number of rotatable bonds is 9. The summed E-state index contributed by atoms with van der Waals surface area (Å²) in [4.78, 5) is 25.4. The Labute approximate surface area is 166 Å². The highest BCUT2D eigenvalue weighted by Gasteiger charge is 2.32. The topological polar surface area (TPSA) is 149 Å². The number of carboxylic acid groups (broad SMARTS) is 1. The van der Waals surface area contributed by atoms with Crippen LogP contribution in [0.15, 0.2) is 36.5 Å². The first-order chi connectivity index (χ1) is 13.6. The molecule has 1 heterocycles. The van der Waals surface area contributed by atoms with Gasteiger partial charge >= 0.3 is 5.97 Å². The maximum absolute atomic E-state index is 12.2. The summed E-state index contributed by atoms with van der Waals surface area (Å²) in [6, 6.07) is 5.31. The van der Waals surface area contributed by atoms with Crippen molar-refractivity contribution in [3.05, 3.63) is 46.6 Å². The van der Waals surface area contributed by atoms with Gasteiger partial charge in [-0.2, -0.15) is 0 Å². The highest BCUT2D eigenvalue weighted by Crippen LogP contribution is 2.36. The summed E-state index contributed by atoms with van der Waals surface area (Å²) in [5, 5.41) is 20.1. The van der Waals surface area contributed by atoms with Crippen LogP contribution in [0, 0.1) is 10.1 Å². The number of carboxylic acids is 1. The third-order valence-corrected chi connectivity index (χ3v) is 5.04. The molecule has 0 amide bonds. The highest BCUT2D eigenvalue weighted by molar-refractivity contribution is 7.92. The molecule has 0 aliphatic rings. The van der Waals surface area contributed by atoms with E-state index in [1.165, 1.54) is 37.4 Å². The van der Waals surface area contributed by atoms with Crippen molar-refractivity contribution in [1.29, 1.82) is 0 Å². The molecule has 2 rings (SSSR count). The Bertz CT molecular complexity index is 1010. The maximum Gasteiger partial charge on any atom is 0.327 e. The number of ether oxygens (including phenoxy) is 2. The lowest BCUT2D eigenvalue weighted by Gasteiger charge is -2.28. The molecular weight excluding hydrogens is 406 g/mol. The van der Waals surface area contributed by atoms with E-state index in [0.717, 1.165) is 16.8 Å². The molecule has 1 aromatic heterocycles. The zero-order chi connectivity index (χ0) is 21.8.